The van der Waals surface area contributed by atoms with E-state index in [1.54, 1.807) is 14.0 Å². The molecule has 0 radical (unpaired) electrons. The monoisotopic (exact) mass is 443 g/mol. The quantitative estimate of drug-likeness (QED) is 0.649. The number of halogens is 2. The number of carbonyl (C=O) groups is 1. The number of amides is 1. The van der Waals surface area contributed by atoms with Gasteiger partial charge in [0, 0.05) is 19.1 Å². The molecular weight excluding hydrogens is 421 g/mol. The van der Waals surface area contributed by atoms with Gasteiger partial charge in [-0.05, 0) is 50.1 Å². The first-order valence-electron chi connectivity index (χ1n) is 10.0. The lowest BCUT2D eigenvalue weighted by Crippen LogP contribution is -2.48. The van der Waals surface area contributed by atoms with Gasteiger partial charge in [0.2, 0.25) is 0 Å². The van der Waals surface area contributed by atoms with Crippen molar-refractivity contribution in [1.82, 2.24) is 20.3 Å². The van der Waals surface area contributed by atoms with Gasteiger partial charge in [-0.1, -0.05) is 28.9 Å². The van der Waals surface area contributed by atoms with Crippen LogP contribution in [-0.4, -0.2) is 47.1 Å². The summed E-state index contributed by atoms with van der Waals surface area (Å²) in [5.74, 6) is 0.00751. The van der Waals surface area contributed by atoms with Crippen LogP contribution in [0, 0.1) is 12.7 Å². The third kappa shape index (κ3) is 4.34. The maximum Gasteiger partial charge on any atom is 0.274 e. The molecule has 0 aliphatic carbocycles. The first-order chi connectivity index (χ1) is 15.0. The third-order valence-electron chi connectivity index (χ3n) is 5.44. The van der Waals surface area contributed by atoms with Gasteiger partial charge in [-0.25, -0.2) is 9.07 Å². The predicted octanol–water partition coefficient (Wildman–Crippen LogP) is 3.78. The van der Waals surface area contributed by atoms with Crippen molar-refractivity contribution >= 4 is 23.2 Å². The number of nitrogens with zero attached hydrogens (tertiary/aromatic N) is 4. The molecule has 3 aromatic rings. The molecule has 31 heavy (non-hydrogen) atoms. The minimum Gasteiger partial charge on any atom is -0.495 e. The lowest BCUT2D eigenvalue weighted by molar-refractivity contribution is 0.0927. The minimum absolute atomic E-state index is 0.0166. The van der Waals surface area contributed by atoms with Crippen molar-refractivity contribution in [3.63, 3.8) is 0 Å². The molecule has 9 heteroatoms. The Labute approximate surface area is 184 Å². The second-order valence-electron chi connectivity index (χ2n) is 7.46. The molecular formula is C22H23ClFN5O2. The molecule has 1 atom stereocenters. The van der Waals surface area contributed by atoms with Crippen LogP contribution in [0.1, 0.15) is 29.0 Å². The van der Waals surface area contributed by atoms with Crippen molar-refractivity contribution in [3.05, 3.63) is 64.7 Å². The first-order valence-corrected chi connectivity index (χ1v) is 10.4. The molecule has 2 aromatic carbocycles. The van der Waals surface area contributed by atoms with Gasteiger partial charge >= 0.3 is 0 Å². The van der Waals surface area contributed by atoms with E-state index in [1.165, 1.54) is 22.9 Å². The normalized spacial score (nSPS) is 16.3. The second-order valence-corrected chi connectivity index (χ2v) is 7.87. The summed E-state index contributed by atoms with van der Waals surface area (Å²) in [5.41, 5.74) is 2.34. The van der Waals surface area contributed by atoms with E-state index in [1.807, 2.05) is 24.3 Å². The molecule has 1 aliphatic rings. The predicted molar refractivity (Wildman–Crippen MR) is 117 cm³/mol. The number of aromatic nitrogens is 3. The fraction of sp³-hybridized carbons (Fsp3) is 0.318. The number of hydrogen-bond donors (Lipinski definition) is 1. The Hall–Kier alpha value is -3.13. The summed E-state index contributed by atoms with van der Waals surface area (Å²) in [6.07, 6.45) is 1.82. The summed E-state index contributed by atoms with van der Waals surface area (Å²) in [6, 6.07) is 12.1. The molecule has 1 N–H and O–H groups in total. The number of anilines is 1. The molecule has 2 heterocycles. The van der Waals surface area contributed by atoms with E-state index in [0.29, 0.717) is 17.9 Å². The largest absolute Gasteiger partial charge is 0.495 e. The highest BCUT2D eigenvalue weighted by molar-refractivity contribution is 6.30. The van der Waals surface area contributed by atoms with Crippen LogP contribution in [-0.2, 0) is 0 Å². The molecule has 7 nitrogen and oxygen atoms in total. The molecule has 0 bridgehead atoms. The van der Waals surface area contributed by atoms with Crippen LogP contribution in [0.5, 0.6) is 5.75 Å². The number of rotatable bonds is 5. The number of carbonyl (C=O) groups excluding carboxylic acids is 1. The number of hydrogen-bond acceptors (Lipinski definition) is 5. The smallest absolute Gasteiger partial charge is 0.274 e. The minimum atomic E-state index is -0.516. The maximum atomic E-state index is 13.5. The highest BCUT2D eigenvalue weighted by atomic mass is 35.5. The van der Waals surface area contributed by atoms with Crippen LogP contribution in [0.15, 0.2) is 42.5 Å². The molecule has 1 amide bonds. The molecule has 1 saturated heterocycles. The molecule has 1 aromatic heterocycles. The van der Waals surface area contributed by atoms with Gasteiger partial charge in [0.25, 0.3) is 5.91 Å². The molecule has 0 spiro atoms. The van der Waals surface area contributed by atoms with E-state index < -0.39 is 5.82 Å². The zero-order valence-corrected chi connectivity index (χ0v) is 18.1. The summed E-state index contributed by atoms with van der Waals surface area (Å²) in [7, 11) is 1.66. The SMILES string of the molecule is COc1ccccc1N1CCCC(NC(=O)c2nnn(-c3ccc(F)c(Cl)c3)c2C)C1. The molecule has 4 rings (SSSR count). The van der Waals surface area contributed by atoms with Crippen LogP contribution < -0.4 is 15.0 Å². The topological polar surface area (TPSA) is 72.3 Å². The molecule has 0 saturated carbocycles. The fourth-order valence-electron chi connectivity index (χ4n) is 3.86. The van der Waals surface area contributed by atoms with Gasteiger partial charge < -0.3 is 15.0 Å². The zero-order valence-electron chi connectivity index (χ0n) is 17.3. The molecule has 1 fully saturated rings. The van der Waals surface area contributed by atoms with Crippen molar-refractivity contribution in [2.45, 2.75) is 25.8 Å². The summed E-state index contributed by atoms with van der Waals surface area (Å²) in [5, 5.41) is 11.2. The van der Waals surface area contributed by atoms with Gasteiger partial charge in [0.05, 0.1) is 29.2 Å². The van der Waals surface area contributed by atoms with Crippen molar-refractivity contribution in [2.24, 2.45) is 0 Å². The van der Waals surface area contributed by atoms with E-state index in [4.69, 9.17) is 16.3 Å². The number of para-hydroxylation sites is 2. The maximum absolute atomic E-state index is 13.5. The number of ether oxygens (including phenoxy) is 1. The average Bonchev–Trinajstić information content (AvgIpc) is 3.17. The van der Waals surface area contributed by atoms with Gasteiger partial charge in [-0.2, -0.15) is 0 Å². The van der Waals surface area contributed by atoms with E-state index in [9.17, 15) is 9.18 Å². The lowest BCUT2D eigenvalue weighted by Gasteiger charge is -2.35. The average molecular weight is 444 g/mol. The standard InChI is InChI=1S/C22H23ClFN5O2/c1-14-21(26-27-29(14)16-9-10-18(24)17(23)12-16)22(30)25-15-6-5-11-28(13-15)19-7-3-4-8-20(19)31-2/h3-4,7-10,12,15H,5-6,11,13H2,1-2H3,(H,25,30). The van der Waals surface area contributed by atoms with Crippen LogP contribution in [0.4, 0.5) is 10.1 Å². The van der Waals surface area contributed by atoms with Gasteiger partial charge in [-0.15, -0.1) is 5.10 Å². The first kappa shape index (κ1) is 21.1. The number of methoxy groups -OCH3 is 1. The van der Waals surface area contributed by atoms with E-state index in [2.05, 4.69) is 20.5 Å². The lowest BCUT2D eigenvalue weighted by atomic mass is 10.0. The zero-order chi connectivity index (χ0) is 22.0. The van der Waals surface area contributed by atoms with Crippen molar-refractivity contribution in [1.29, 1.82) is 0 Å². The Bertz CT molecular complexity index is 1100. The highest BCUT2D eigenvalue weighted by Crippen LogP contribution is 2.30. The van der Waals surface area contributed by atoms with Crippen molar-refractivity contribution < 1.29 is 13.9 Å². The van der Waals surface area contributed by atoms with Gasteiger partial charge in [-0.3, -0.25) is 4.79 Å². The number of nitrogens with one attached hydrogen (secondary N) is 1. The van der Waals surface area contributed by atoms with Crippen molar-refractivity contribution in [3.8, 4) is 11.4 Å². The van der Waals surface area contributed by atoms with Crippen LogP contribution in [0.2, 0.25) is 5.02 Å². The van der Waals surface area contributed by atoms with E-state index in [0.717, 1.165) is 30.8 Å². The summed E-state index contributed by atoms with van der Waals surface area (Å²) < 4.78 is 20.4. The van der Waals surface area contributed by atoms with E-state index in [-0.39, 0.29) is 22.7 Å². The van der Waals surface area contributed by atoms with Crippen LogP contribution >= 0.6 is 11.6 Å². The Morgan fingerprint density at radius 1 is 1.29 bits per heavy atom. The Kier molecular flexibility index (Phi) is 6.08. The van der Waals surface area contributed by atoms with E-state index >= 15 is 0 Å². The van der Waals surface area contributed by atoms with Gasteiger partial charge in [0.1, 0.15) is 11.6 Å². The van der Waals surface area contributed by atoms with Gasteiger partial charge in [0.15, 0.2) is 5.69 Å². The fourth-order valence-corrected chi connectivity index (χ4v) is 4.03. The summed E-state index contributed by atoms with van der Waals surface area (Å²) >= 11 is 5.87. The number of benzene rings is 2. The Morgan fingerprint density at radius 2 is 2.10 bits per heavy atom. The van der Waals surface area contributed by atoms with Crippen molar-refractivity contribution in [2.75, 3.05) is 25.1 Å². The molecule has 162 valence electrons. The highest BCUT2D eigenvalue weighted by Gasteiger charge is 2.26. The molecule has 1 unspecified atom stereocenters. The summed E-state index contributed by atoms with van der Waals surface area (Å²) in [4.78, 5) is 15.1. The second kappa shape index (κ2) is 8.93. The Morgan fingerprint density at radius 3 is 2.87 bits per heavy atom. The Balaban J connectivity index is 1.48. The van der Waals surface area contributed by atoms with Crippen LogP contribution in [0.25, 0.3) is 5.69 Å². The number of piperidine rings is 1. The van der Waals surface area contributed by atoms with Crippen LogP contribution in [0.3, 0.4) is 0 Å². The molecule has 1 aliphatic heterocycles. The third-order valence-corrected chi connectivity index (χ3v) is 5.73. The summed E-state index contributed by atoms with van der Waals surface area (Å²) in [6.45, 7) is 3.31.